The lowest BCUT2D eigenvalue weighted by Gasteiger charge is -2.13. The van der Waals surface area contributed by atoms with E-state index in [9.17, 15) is 18.0 Å². The van der Waals surface area contributed by atoms with Crippen molar-refractivity contribution in [2.75, 3.05) is 0 Å². The molecule has 7 heteroatoms. The molecule has 3 aromatic rings. The molecule has 0 N–H and O–H groups in total. The van der Waals surface area contributed by atoms with Crippen LogP contribution in [0.15, 0.2) is 41.7 Å². The molecule has 0 saturated heterocycles. The average Bonchev–Trinajstić information content (AvgIpc) is 2.51. The lowest BCUT2D eigenvalue weighted by molar-refractivity contribution is 0.510. The molecule has 0 aliphatic heterocycles. The topological polar surface area (TPSA) is 34.9 Å². The van der Waals surface area contributed by atoms with Gasteiger partial charge in [-0.05, 0) is 36.8 Å². The maximum Gasteiger partial charge on any atom is 0.279 e. The Morgan fingerprint density at radius 3 is 2.33 bits per heavy atom. The predicted octanol–water partition coefficient (Wildman–Crippen LogP) is 4.49. The molecule has 0 bridgehead atoms. The largest absolute Gasteiger partial charge is 0.279 e. The van der Waals surface area contributed by atoms with Gasteiger partial charge >= 0.3 is 0 Å². The number of hydrogen-bond donors (Lipinski definition) is 0. The molecule has 0 spiro atoms. The van der Waals surface area contributed by atoms with E-state index in [1.54, 1.807) is 6.92 Å². The Morgan fingerprint density at radius 1 is 1.12 bits per heavy atom. The van der Waals surface area contributed by atoms with Crippen LogP contribution in [0.25, 0.3) is 22.0 Å². The molecule has 24 heavy (non-hydrogen) atoms. The molecule has 0 aliphatic rings. The Morgan fingerprint density at radius 2 is 1.75 bits per heavy atom. The van der Waals surface area contributed by atoms with Gasteiger partial charge in [-0.2, -0.15) is 9.78 Å². The van der Waals surface area contributed by atoms with Crippen molar-refractivity contribution >= 4 is 27.9 Å². The van der Waals surface area contributed by atoms with Gasteiger partial charge in [-0.15, -0.1) is 0 Å². The molecule has 0 saturated carbocycles. The third-order valence-corrected chi connectivity index (χ3v) is 3.80. The van der Waals surface area contributed by atoms with Crippen LogP contribution in [0.1, 0.15) is 12.6 Å². The number of benzene rings is 2. The number of aromatic nitrogens is 2. The summed E-state index contributed by atoms with van der Waals surface area (Å²) in [6.07, 6.45) is 0. The molecule has 1 heterocycles. The minimum Gasteiger partial charge on any atom is -0.267 e. The number of para-hydroxylation sites is 1. The molecule has 0 unspecified atom stereocenters. The summed E-state index contributed by atoms with van der Waals surface area (Å²) in [6.45, 7) is 5.30. The van der Waals surface area contributed by atoms with E-state index in [2.05, 4.69) is 11.7 Å². The van der Waals surface area contributed by atoms with Crippen LogP contribution >= 0.6 is 11.6 Å². The van der Waals surface area contributed by atoms with Gasteiger partial charge in [-0.1, -0.05) is 24.2 Å². The molecular weight excluding hydrogens is 341 g/mol. The molecule has 0 atom stereocenters. The monoisotopic (exact) mass is 350 g/mol. The third-order valence-electron chi connectivity index (χ3n) is 3.49. The van der Waals surface area contributed by atoms with Gasteiger partial charge in [-0.25, -0.2) is 13.2 Å². The zero-order valence-electron chi connectivity index (χ0n) is 12.4. The van der Waals surface area contributed by atoms with E-state index >= 15 is 0 Å². The van der Waals surface area contributed by atoms with Crippen molar-refractivity contribution in [3.05, 3.63) is 75.4 Å². The minimum absolute atomic E-state index is 0.0424. The minimum atomic E-state index is -1.19. The van der Waals surface area contributed by atoms with E-state index in [0.717, 1.165) is 22.9 Å². The van der Waals surface area contributed by atoms with Crippen molar-refractivity contribution in [2.45, 2.75) is 6.92 Å². The normalized spacial score (nSPS) is 11.0. The highest BCUT2D eigenvalue weighted by atomic mass is 35.5. The van der Waals surface area contributed by atoms with Crippen LogP contribution in [0.5, 0.6) is 0 Å². The van der Waals surface area contributed by atoms with E-state index < -0.39 is 23.0 Å². The van der Waals surface area contributed by atoms with Gasteiger partial charge in [0.05, 0.1) is 16.1 Å². The van der Waals surface area contributed by atoms with Crippen LogP contribution in [0.3, 0.4) is 0 Å². The Balaban J connectivity index is 2.52. The Labute approximate surface area is 139 Å². The van der Waals surface area contributed by atoms with Gasteiger partial charge in [0.2, 0.25) is 0 Å². The van der Waals surface area contributed by atoms with Gasteiger partial charge < -0.3 is 0 Å². The number of allylic oxidation sites excluding steroid dienone is 1. The number of hydrogen-bond acceptors (Lipinski definition) is 2. The van der Waals surface area contributed by atoms with Crippen molar-refractivity contribution in [1.29, 1.82) is 0 Å². The molecular formula is C17H10ClF3N2O. The van der Waals surface area contributed by atoms with Crippen LogP contribution in [0.4, 0.5) is 13.2 Å². The van der Waals surface area contributed by atoms with E-state index in [0.29, 0.717) is 5.57 Å². The molecule has 3 nitrogen and oxygen atoms in total. The summed E-state index contributed by atoms with van der Waals surface area (Å²) >= 11 is 5.98. The molecule has 1 aromatic heterocycles. The van der Waals surface area contributed by atoms with Crippen LogP contribution in [0, 0.1) is 17.5 Å². The fourth-order valence-corrected chi connectivity index (χ4v) is 2.63. The lowest BCUT2D eigenvalue weighted by Crippen LogP contribution is -2.24. The maximum absolute atomic E-state index is 14.2. The first-order chi connectivity index (χ1) is 11.3. The number of halogens is 4. The lowest BCUT2D eigenvalue weighted by atomic mass is 10.1. The van der Waals surface area contributed by atoms with E-state index in [1.165, 1.54) is 12.1 Å². The van der Waals surface area contributed by atoms with Gasteiger partial charge in [0.1, 0.15) is 5.69 Å². The summed E-state index contributed by atoms with van der Waals surface area (Å²) in [5, 5.41) is 3.95. The number of rotatable bonds is 2. The molecule has 0 aliphatic carbocycles. The van der Waals surface area contributed by atoms with E-state index in [1.807, 2.05) is 0 Å². The maximum atomic E-state index is 14.2. The molecule has 0 fully saturated rings. The summed E-state index contributed by atoms with van der Waals surface area (Å²) in [7, 11) is 0. The Bertz CT molecular complexity index is 1040. The second-order valence-electron chi connectivity index (χ2n) is 5.23. The zero-order chi connectivity index (χ0) is 17.6. The number of fused-ring (bicyclic) bond motifs is 1. The predicted molar refractivity (Wildman–Crippen MR) is 86.9 cm³/mol. The van der Waals surface area contributed by atoms with Crippen LogP contribution in [0.2, 0.25) is 5.02 Å². The van der Waals surface area contributed by atoms with E-state index in [4.69, 9.17) is 11.6 Å². The second kappa shape index (κ2) is 5.79. The van der Waals surface area contributed by atoms with Crippen LogP contribution < -0.4 is 5.56 Å². The van der Waals surface area contributed by atoms with Gasteiger partial charge in [0.25, 0.3) is 5.56 Å². The summed E-state index contributed by atoms with van der Waals surface area (Å²) in [4.78, 5) is 12.6. The van der Waals surface area contributed by atoms with Crippen molar-refractivity contribution < 1.29 is 13.2 Å². The van der Waals surface area contributed by atoms with Crippen LogP contribution in [-0.4, -0.2) is 9.78 Å². The highest BCUT2D eigenvalue weighted by molar-refractivity contribution is 6.32. The third kappa shape index (κ3) is 2.49. The summed E-state index contributed by atoms with van der Waals surface area (Å²) in [5.41, 5.74) is -0.547. The van der Waals surface area contributed by atoms with E-state index in [-0.39, 0.29) is 27.2 Å². The first-order valence-corrected chi connectivity index (χ1v) is 7.21. The fourth-order valence-electron chi connectivity index (χ4n) is 2.39. The fraction of sp³-hybridized carbons (Fsp3) is 0.0588. The molecule has 2 aromatic carbocycles. The first-order valence-electron chi connectivity index (χ1n) is 6.83. The molecule has 3 rings (SSSR count). The van der Waals surface area contributed by atoms with Gasteiger partial charge in [-0.3, -0.25) is 4.79 Å². The van der Waals surface area contributed by atoms with Crippen LogP contribution in [-0.2, 0) is 0 Å². The van der Waals surface area contributed by atoms with Crippen molar-refractivity contribution in [1.82, 2.24) is 9.78 Å². The quantitative estimate of drug-likeness (QED) is 0.682. The smallest absolute Gasteiger partial charge is 0.267 e. The zero-order valence-corrected chi connectivity index (χ0v) is 13.2. The first kappa shape index (κ1) is 16.3. The van der Waals surface area contributed by atoms with Crippen molar-refractivity contribution in [2.24, 2.45) is 0 Å². The average molecular weight is 351 g/mol. The highest BCUT2D eigenvalue weighted by Gasteiger charge is 2.19. The van der Waals surface area contributed by atoms with Gasteiger partial charge in [0, 0.05) is 5.39 Å². The highest BCUT2D eigenvalue weighted by Crippen LogP contribution is 2.26. The number of nitrogens with zero attached hydrogens (tertiary/aromatic N) is 2. The summed E-state index contributed by atoms with van der Waals surface area (Å²) in [5.74, 6) is -3.08. The summed E-state index contributed by atoms with van der Waals surface area (Å²) < 4.78 is 42.0. The van der Waals surface area contributed by atoms with Gasteiger partial charge in [0.15, 0.2) is 17.5 Å². The Hall–Kier alpha value is -2.60. The SMILES string of the molecule is C=C(C)c1nn(-c2c(F)cccc2Cl)c(=O)c2cc(F)c(F)cc12. The second-order valence-corrected chi connectivity index (χ2v) is 5.64. The van der Waals surface area contributed by atoms with Crippen molar-refractivity contribution in [3.63, 3.8) is 0 Å². The summed E-state index contributed by atoms with van der Waals surface area (Å²) in [6, 6.07) is 5.51. The standard InChI is InChI=1S/C17H10ClF3N2O/c1-8(2)15-9-6-13(20)14(21)7-10(9)17(24)23(22-15)16-11(18)4-3-5-12(16)19/h3-7H,1H2,2H3. The molecule has 122 valence electrons. The molecule has 0 amide bonds. The van der Waals surface area contributed by atoms with Crippen molar-refractivity contribution in [3.8, 4) is 5.69 Å². The Kier molecular flexibility index (Phi) is 3.93. The molecule has 0 radical (unpaired) electrons.